The lowest BCUT2D eigenvalue weighted by Crippen LogP contribution is -1.93. The molecule has 6 aromatic carbocycles. The van der Waals surface area contributed by atoms with Crippen molar-refractivity contribution in [3.8, 4) is 78.0 Å². The Balaban J connectivity index is 1.23. The van der Waals surface area contributed by atoms with Gasteiger partial charge >= 0.3 is 0 Å². The molecule has 0 spiro atoms. The summed E-state index contributed by atoms with van der Waals surface area (Å²) in [6, 6.07) is 60.6. The first kappa shape index (κ1) is 32.6. The molecule has 0 amide bonds. The van der Waals surface area contributed by atoms with Crippen LogP contribution in [0.1, 0.15) is 0 Å². The maximum absolute atomic E-state index is 5.23. The molecule has 0 atom stereocenters. The summed E-state index contributed by atoms with van der Waals surface area (Å²) in [5.41, 5.74) is 15.7. The minimum atomic E-state index is 1.01. The number of pyridine rings is 3. The van der Waals surface area contributed by atoms with Crippen LogP contribution in [0.4, 0.5) is 0 Å². The summed E-state index contributed by atoms with van der Waals surface area (Å²) in [7, 11) is 0. The van der Waals surface area contributed by atoms with Crippen molar-refractivity contribution < 1.29 is 0 Å². The normalized spacial score (nSPS) is 11.3. The average molecular weight is 720 g/mol. The highest BCUT2D eigenvalue weighted by Crippen LogP contribution is 2.47. The highest BCUT2D eigenvalue weighted by Gasteiger charge is 2.20. The molecule has 0 saturated heterocycles. The van der Waals surface area contributed by atoms with Crippen molar-refractivity contribution in [3.63, 3.8) is 0 Å². The Labute approximate surface area is 323 Å². The molecule has 0 radical (unpaired) electrons. The molecule has 0 N–H and O–H groups in total. The lowest BCUT2D eigenvalue weighted by molar-refractivity contribution is 1.33. The van der Waals surface area contributed by atoms with Crippen LogP contribution in [0.3, 0.4) is 0 Å². The molecule has 0 bridgehead atoms. The fourth-order valence-electron chi connectivity index (χ4n) is 7.81. The zero-order valence-electron chi connectivity index (χ0n) is 29.8. The third-order valence-electron chi connectivity index (χ3n) is 10.3. The molecule has 0 unspecified atom stereocenters. The van der Waals surface area contributed by atoms with E-state index in [2.05, 4.69) is 174 Å². The van der Waals surface area contributed by atoms with E-state index in [1.54, 1.807) is 0 Å². The molecule has 0 aliphatic carbocycles. The van der Waals surface area contributed by atoms with Crippen LogP contribution in [0.2, 0.25) is 0 Å². The maximum atomic E-state index is 5.23. The van der Waals surface area contributed by atoms with E-state index in [4.69, 9.17) is 4.98 Å². The van der Waals surface area contributed by atoms with Gasteiger partial charge in [0.15, 0.2) is 0 Å². The lowest BCUT2D eigenvalue weighted by Gasteiger charge is -2.18. The van der Waals surface area contributed by atoms with Crippen molar-refractivity contribution >= 4 is 31.5 Å². The first-order valence-corrected chi connectivity index (χ1v) is 19.2. The largest absolute Gasteiger partial charge is 0.264 e. The molecule has 3 nitrogen and oxygen atoms in total. The van der Waals surface area contributed by atoms with Gasteiger partial charge in [0.1, 0.15) is 0 Å². The third-order valence-corrected chi connectivity index (χ3v) is 11.5. The van der Waals surface area contributed by atoms with Crippen molar-refractivity contribution in [2.24, 2.45) is 0 Å². The van der Waals surface area contributed by atoms with Gasteiger partial charge in [-0.2, -0.15) is 0 Å². The molecule has 4 heterocycles. The average Bonchev–Trinajstić information content (AvgIpc) is 3.67. The molecule has 10 rings (SSSR count). The minimum Gasteiger partial charge on any atom is -0.264 e. The fraction of sp³-hybridized carbons (Fsp3) is 0. The summed E-state index contributed by atoms with van der Waals surface area (Å²) in [5, 5.41) is 2.43. The molecule has 55 heavy (non-hydrogen) atoms. The Kier molecular flexibility index (Phi) is 8.36. The van der Waals surface area contributed by atoms with Gasteiger partial charge in [-0.15, -0.1) is 11.3 Å². The van der Waals surface area contributed by atoms with E-state index in [9.17, 15) is 0 Å². The number of hydrogen-bond acceptors (Lipinski definition) is 4. The summed E-state index contributed by atoms with van der Waals surface area (Å²) in [6.45, 7) is 0. The van der Waals surface area contributed by atoms with Gasteiger partial charge in [-0.3, -0.25) is 15.0 Å². The van der Waals surface area contributed by atoms with E-state index in [0.29, 0.717) is 0 Å². The second-order valence-corrected chi connectivity index (χ2v) is 14.7. The molecule has 0 aliphatic heterocycles. The van der Waals surface area contributed by atoms with E-state index in [1.165, 1.54) is 20.2 Å². The molecular formula is C51H33N3S. The van der Waals surface area contributed by atoms with Crippen molar-refractivity contribution in [1.29, 1.82) is 0 Å². The van der Waals surface area contributed by atoms with Gasteiger partial charge in [0.05, 0.1) is 5.69 Å². The van der Waals surface area contributed by atoms with E-state index >= 15 is 0 Å². The number of rotatable bonds is 7. The molecule has 0 saturated carbocycles. The summed E-state index contributed by atoms with van der Waals surface area (Å²) in [4.78, 5) is 14.2. The Morgan fingerprint density at radius 2 is 0.800 bits per heavy atom. The van der Waals surface area contributed by atoms with Crippen molar-refractivity contribution in [1.82, 2.24) is 15.0 Å². The highest BCUT2D eigenvalue weighted by atomic mass is 32.1. The van der Waals surface area contributed by atoms with Gasteiger partial charge in [-0.05, 0) is 86.5 Å². The Bertz CT molecular complexity index is 2870. The van der Waals surface area contributed by atoms with Gasteiger partial charge in [-0.25, -0.2) is 0 Å². The van der Waals surface area contributed by atoms with Crippen LogP contribution in [0.15, 0.2) is 201 Å². The second-order valence-electron chi connectivity index (χ2n) is 13.6. The number of nitrogens with zero attached hydrogens (tertiary/aromatic N) is 3. The fourth-order valence-corrected chi connectivity index (χ4v) is 9.04. The predicted molar refractivity (Wildman–Crippen MR) is 231 cm³/mol. The van der Waals surface area contributed by atoms with Crippen LogP contribution in [-0.2, 0) is 0 Å². The maximum Gasteiger partial charge on any atom is 0.0795 e. The molecule has 4 heteroatoms. The number of thiophene rings is 1. The SMILES string of the molecule is c1ccc(-c2ncc(-c3ccccc3-c3cc(-c4ccccc4-c4cccnc4)cc(-c4ccccc4-c4cccnc4)c3)c3sc4ccccc4c23)cc1. The van der Waals surface area contributed by atoms with Crippen LogP contribution < -0.4 is 0 Å². The van der Waals surface area contributed by atoms with Crippen LogP contribution >= 0.6 is 11.3 Å². The van der Waals surface area contributed by atoms with E-state index in [0.717, 1.165) is 78.0 Å². The molecule has 4 aromatic heterocycles. The van der Waals surface area contributed by atoms with E-state index in [-0.39, 0.29) is 0 Å². The zero-order valence-corrected chi connectivity index (χ0v) is 30.6. The summed E-state index contributed by atoms with van der Waals surface area (Å²) >= 11 is 1.84. The highest BCUT2D eigenvalue weighted by molar-refractivity contribution is 7.26. The van der Waals surface area contributed by atoms with Crippen molar-refractivity contribution in [3.05, 3.63) is 201 Å². The predicted octanol–water partition coefficient (Wildman–Crippen LogP) is 13.9. The first-order chi connectivity index (χ1) is 27.3. The Hall–Kier alpha value is -7.01. The summed E-state index contributed by atoms with van der Waals surface area (Å²) < 4.78 is 2.49. The topological polar surface area (TPSA) is 38.7 Å². The van der Waals surface area contributed by atoms with Gasteiger partial charge in [-0.1, -0.05) is 133 Å². The second kappa shape index (κ2) is 14.1. The van der Waals surface area contributed by atoms with E-state index in [1.807, 2.05) is 48.3 Å². The standard InChI is InChI=1S/C51H33N3S/c1-2-14-34(15-3-1)50-49-46-24-10-11-25-48(46)55-51(49)47(33-54-50)45-23-9-8-22-44(45)39-29-37(42-20-6-4-18-40(42)35-16-12-26-52-31-35)28-38(30-39)43-21-7-5-19-41(43)36-17-13-27-53-32-36/h1-33H. The number of benzene rings is 6. The zero-order chi connectivity index (χ0) is 36.6. The first-order valence-electron chi connectivity index (χ1n) is 18.4. The van der Waals surface area contributed by atoms with Crippen molar-refractivity contribution in [2.75, 3.05) is 0 Å². The van der Waals surface area contributed by atoms with Crippen LogP contribution in [0, 0.1) is 0 Å². The number of aromatic nitrogens is 3. The summed E-state index contributed by atoms with van der Waals surface area (Å²) in [5.74, 6) is 0. The quantitative estimate of drug-likeness (QED) is 0.165. The van der Waals surface area contributed by atoms with Crippen LogP contribution in [-0.4, -0.2) is 15.0 Å². The smallest absolute Gasteiger partial charge is 0.0795 e. The lowest BCUT2D eigenvalue weighted by atomic mass is 9.86. The minimum absolute atomic E-state index is 1.01. The monoisotopic (exact) mass is 719 g/mol. The Morgan fingerprint density at radius 3 is 1.35 bits per heavy atom. The molecule has 258 valence electrons. The van der Waals surface area contributed by atoms with Gasteiger partial charge in [0, 0.05) is 73.4 Å². The summed E-state index contributed by atoms with van der Waals surface area (Å²) in [6.07, 6.45) is 9.62. The Morgan fingerprint density at radius 1 is 0.345 bits per heavy atom. The third kappa shape index (κ3) is 5.99. The molecule has 10 aromatic rings. The van der Waals surface area contributed by atoms with Gasteiger partial charge in [0.2, 0.25) is 0 Å². The number of hydrogen-bond donors (Lipinski definition) is 0. The van der Waals surface area contributed by atoms with E-state index < -0.39 is 0 Å². The van der Waals surface area contributed by atoms with Crippen LogP contribution in [0.5, 0.6) is 0 Å². The van der Waals surface area contributed by atoms with Gasteiger partial charge < -0.3 is 0 Å². The van der Waals surface area contributed by atoms with Gasteiger partial charge in [0.25, 0.3) is 0 Å². The van der Waals surface area contributed by atoms with Crippen molar-refractivity contribution in [2.45, 2.75) is 0 Å². The molecular weight excluding hydrogens is 687 g/mol. The van der Waals surface area contributed by atoms with Crippen LogP contribution in [0.25, 0.3) is 98.2 Å². The molecule has 0 aliphatic rings. The molecule has 0 fully saturated rings. The number of fused-ring (bicyclic) bond motifs is 3.